The smallest absolute Gasteiger partial charge is 0.241 e. The molecule has 0 saturated carbocycles. The van der Waals surface area contributed by atoms with Gasteiger partial charge in [-0.1, -0.05) is 17.7 Å². The van der Waals surface area contributed by atoms with Gasteiger partial charge in [0.05, 0.1) is 24.9 Å². The molecule has 3 rings (SSSR count). The van der Waals surface area contributed by atoms with Crippen LogP contribution in [0.25, 0.3) is 0 Å². The highest BCUT2D eigenvalue weighted by atomic mass is 32.2. The molecule has 2 atom stereocenters. The molecule has 9 nitrogen and oxygen atoms in total. The molecule has 1 aliphatic rings. The summed E-state index contributed by atoms with van der Waals surface area (Å²) in [6.07, 6.45) is 0. The van der Waals surface area contributed by atoms with E-state index in [4.69, 9.17) is 9.47 Å². The summed E-state index contributed by atoms with van der Waals surface area (Å²) in [5.41, 5.74) is 1.19. The topological polar surface area (TPSA) is 123 Å². The highest BCUT2D eigenvalue weighted by Crippen LogP contribution is 2.31. The van der Waals surface area contributed by atoms with Gasteiger partial charge < -0.3 is 20.1 Å². The standard InChI is InChI=1S/C21H25N3O6S2/c1-13-4-6-14(7-5-13)23-19(25)12-31-21-22-11-18(20(26)24-21)32(27,28)15-8-9-16(29-2)17(10-15)30-3/h4-10,18,21-22H,11-12H2,1-3H3,(H,23,25)(H,24,26). The molecule has 11 heteroatoms. The van der Waals surface area contributed by atoms with E-state index >= 15 is 0 Å². The van der Waals surface area contributed by atoms with Crippen LogP contribution >= 0.6 is 11.8 Å². The number of ether oxygens (including phenoxy) is 2. The Morgan fingerprint density at radius 2 is 1.81 bits per heavy atom. The monoisotopic (exact) mass is 479 g/mol. The number of nitrogens with one attached hydrogen (secondary N) is 3. The minimum Gasteiger partial charge on any atom is -0.493 e. The number of hydrogen-bond donors (Lipinski definition) is 3. The molecule has 0 aromatic heterocycles. The molecule has 0 radical (unpaired) electrons. The first kappa shape index (κ1) is 23.9. The molecule has 1 fully saturated rings. The fourth-order valence-corrected chi connectivity index (χ4v) is 5.41. The number of benzene rings is 2. The van der Waals surface area contributed by atoms with Crippen LogP contribution < -0.4 is 25.4 Å². The Balaban J connectivity index is 1.58. The Hall–Kier alpha value is -2.76. The van der Waals surface area contributed by atoms with Crippen molar-refractivity contribution in [3.63, 3.8) is 0 Å². The first-order valence-electron chi connectivity index (χ1n) is 9.72. The first-order chi connectivity index (χ1) is 15.2. The molecule has 32 heavy (non-hydrogen) atoms. The number of carbonyl (C=O) groups excluding carboxylic acids is 2. The summed E-state index contributed by atoms with van der Waals surface area (Å²) in [5.74, 6) is -0.132. The van der Waals surface area contributed by atoms with Gasteiger partial charge in [-0.25, -0.2) is 8.42 Å². The minimum absolute atomic E-state index is 0.0410. The molecule has 0 aliphatic carbocycles. The van der Waals surface area contributed by atoms with E-state index in [9.17, 15) is 18.0 Å². The molecule has 2 amide bonds. The van der Waals surface area contributed by atoms with Gasteiger partial charge in [0.1, 0.15) is 5.50 Å². The van der Waals surface area contributed by atoms with Crippen molar-refractivity contribution in [1.82, 2.24) is 10.6 Å². The zero-order chi connectivity index (χ0) is 23.3. The van der Waals surface area contributed by atoms with Crippen LogP contribution in [0, 0.1) is 6.92 Å². The van der Waals surface area contributed by atoms with E-state index in [-0.39, 0.29) is 28.8 Å². The number of hydrogen-bond acceptors (Lipinski definition) is 8. The lowest BCUT2D eigenvalue weighted by molar-refractivity contribution is -0.122. The Morgan fingerprint density at radius 1 is 1.12 bits per heavy atom. The van der Waals surface area contributed by atoms with Crippen molar-refractivity contribution >= 4 is 39.1 Å². The van der Waals surface area contributed by atoms with Gasteiger partial charge in [0.2, 0.25) is 11.8 Å². The minimum atomic E-state index is -3.97. The molecular weight excluding hydrogens is 454 g/mol. The highest BCUT2D eigenvalue weighted by molar-refractivity contribution is 8.00. The largest absolute Gasteiger partial charge is 0.493 e. The second kappa shape index (κ2) is 10.2. The summed E-state index contributed by atoms with van der Waals surface area (Å²) in [6.45, 7) is 1.87. The summed E-state index contributed by atoms with van der Waals surface area (Å²) in [6, 6.07) is 11.6. The number of sulfone groups is 1. The zero-order valence-electron chi connectivity index (χ0n) is 17.9. The van der Waals surface area contributed by atoms with Crippen LogP contribution in [-0.4, -0.2) is 57.5 Å². The summed E-state index contributed by atoms with van der Waals surface area (Å²) >= 11 is 1.16. The molecule has 0 spiro atoms. The molecule has 0 bridgehead atoms. The molecular formula is C21H25N3O6S2. The van der Waals surface area contributed by atoms with Crippen molar-refractivity contribution in [3.8, 4) is 11.5 Å². The van der Waals surface area contributed by atoms with Crippen molar-refractivity contribution in [2.24, 2.45) is 0 Å². The second-order valence-corrected chi connectivity index (χ2v) is 10.3. The number of amides is 2. The van der Waals surface area contributed by atoms with E-state index in [1.807, 2.05) is 31.2 Å². The predicted molar refractivity (Wildman–Crippen MR) is 123 cm³/mol. The Labute approximate surface area is 191 Å². The average Bonchev–Trinajstić information content (AvgIpc) is 2.78. The van der Waals surface area contributed by atoms with E-state index in [0.29, 0.717) is 11.4 Å². The van der Waals surface area contributed by atoms with Gasteiger partial charge in [-0.05, 0) is 31.2 Å². The van der Waals surface area contributed by atoms with Gasteiger partial charge in [-0.2, -0.15) is 0 Å². The van der Waals surface area contributed by atoms with Crippen molar-refractivity contribution < 1.29 is 27.5 Å². The lowest BCUT2D eigenvalue weighted by Crippen LogP contribution is -2.59. The number of thioether (sulfide) groups is 1. The summed E-state index contributed by atoms with van der Waals surface area (Å²) in [4.78, 5) is 24.7. The van der Waals surface area contributed by atoms with Crippen molar-refractivity contribution in [2.45, 2.75) is 22.6 Å². The Kier molecular flexibility index (Phi) is 7.64. The van der Waals surface area contributed by atoms with E-state index in [2.05, 4.69) is 16.0 Å². The van der Waals surface area contributed by atoms with E-state index in [1.165, 1.54) is 32.4 Å². The Bertz CT molecular complexity index is 1090. The number of aryl methyl sites for hydroxylation is 1. The number of methoxy groups -OCH3 is 2. The third-order valence-corrected chi connectivity index (χ3v) is 7.92. The van der Waals surface area contributed by atoms with Gasteiger partial charge in [-0.3, -0.25) is 14.9 Å². The maximum Gasteiger partial charge on any atom is 0.241 e. The van der Waals surface area contributed by atoms with Crippen molar-refractivity contribution in [1.29, 1.82) is 0 Å². The fourth-order valence-electron chi connectivity index (χ4n) is 3.08. The lowest BCUT2D eigenvalue weighted by atomic mass is 10.2. The lowest BCUT2D eigenvalue weighted by Gasteiger charge is -2.29. The van der Waals surface area contributed by atoms with Crippen molar-refractivity contribution in [3.05, 3.63) is 48.0 Å². The van der Waals surface area contributed by atoms with E-state index in [1.54, 1.807) is 0 Å². The summed E-state index contributed by atoms with van der Waals surface area (Å²) in [7, 11) is -1.12. The van der Waals surface area contributed by atoms with Gasteiger partial charge >= 0.3 is 0 Å². The number of carbonyl (C=O) groups is 2. The van der Waals surface area contributed by atoms with Crippen LogP contribution in [0.5, 0.6) is 11.5 Å². The molecule has 1 aliphatic heterocycles. The van der Waals surface area contributed by atoms with Crippen LogP contribution in [-0.2, 0) is 19.4 Å². The molecule has 2 aromatic rings. The third-order valence-electron chi connectivity index (χ3n) is 4.83. The molecule has 1 heterocycles. The van der Waals surface area contributed by atoms with Crippen LogP contribution in [0.2, 0.25) is 0 Å². The zero-order valence-corrected chi connectivity index (χ0v) is 19.5. The van der Waals surface area contributed by atoms with Crippen LogP contribution in [0.15, 0.2) is 47.4 Å². The SMILES string of the molecule is COc1ccc(S(=O)(=O)C2CNC(SCC(=O)Nc3ccc(C)cc3)NC2=O)cc1OC. The van der Waals surface area contributed by atoms with E-state index < -0.39 is 26.5 Å². The van der Waals surface area contributed by atoms with Crippen LogP contribution in [0.3, 0.4) is 0 Å². The number of rotatable bonds is 8. The average molecular weight is 480 g/mol. The molecule has 2 aromatic carbocycles. The normalized spacial score (nSPS) is 18.5. The second-order valence-electron chi connectivity index (χ2n) is 7.07. The van der Waals surface area contributed by atoms with E-state index in [0.717, 1.165) is 17.3 Å². The highest BCUT2D eigenvalue weighted by Gasteiger charge is 2.39. The first-order valence-corrected chi connectivity index (χ1v) is 12.3. The maximum atomic E-state index is 13.0. The fraction of sp³-hybridized carbons (Fsp3) is 0.333. The summed E-state index contributed by atoms with van der Waals surface area (Å²) in [5, 5.41) is 7.06. The van der Waals surface area contributed by atoms with Crippen molar-refractivity contribution in [2.75, 3.05) is 31.8 Å². The molecule has 3 N–H and O–H groups in total. The van der Waals surface area contributed by atoms with Gasteiger partial charge in [0.25, 0.3) is 0 Å². The Morgan fingerprint density at radius 3 is 2.44 bits per heavy atom. The number of anilines is 1. The predicted octanol–water partition coefficient (Wildman–Crippen LogP) is 1.53. The van der Waals surface area contributed by atoms with Crippen LogP contribution in [0.4, 0.5) is 5.69 Å². The van der Waals surface area contributed by atoms with Gasteiger partial charge in [0.15, 0.2) is 26.6 Å². The van der Waals surface area contributed by atoms with Crippen LogP contribution in [0.1, 0.15) is 5.56 Å². The molecule has 2 unspecified atom stereocenters. The molecule has 172 valence electrons. The quantitative estimate of drug-likeness (QED) is 0.521. The third kappa shape index (κ3) is 5.53. The summed E-state index contributed by atoms with van der Waals surface area (Å²) < 4.78 is 36.3. The van der Waals surface area contributed by atoms with Gasteiger partial charge in [-0.15, -0.1) is 11.8 Å². The molecule has 1 saturated heterocycles. The maximum absolute atomic E-state index is 13.0. The van der Waals surface area contributed by atoms with Gasteiger partial charge in [0, 0.05) is 18.3 Å².